The van der Waals surface area contributed by atoms with Gasteiger partial charge in [0.1, 0.15) is 5.82 Å². The van der Waals surface area contributed by atoms with Crippen LogP contribution in [0.4, 0.5) is 5.82 Å². The van der Waals surface area contributed by atoms with Crippen LogP contribution in [0.2, 0.25) is 0 Å². The topological polar surface area (TPSA) is 89.2 Å². The maximum atomic E-state index is 12.4. The van der Waals surface area contributed by atoms with Gasteiger partial charge in [-0.2, -0.15) is 0 Å². The Balaban J connectivity index is 1.63. The molecule has 1 N–H and O–H groups in total. The lowest BCUT2D eigenvalue weighted by molar-refractivity contribution is -0.134. The van der Waals surface area contributed by atoms with Gasteiger partial charge in [-0.05, 0) is 44.7 Å². The highest BCUT2D eigenvalue weighted by Crippen LogP contribution is 2.18. The van der Waals surface area contributed by atoms with Crippen LogP contribution in [0, 0.1) is 5.92 Å². The van der Waals surface area contributed by atoms with Crippen LogP contribution in [-0.4, -0.2) is 43.9 Å². The van der Waals surface area contributed by atoms with Crippen molar-refractivity contribution in [2.75, 3.05) is 18.4 Å². The molecular formula is C20H29N5O3. The Kier molecular flexibility index (Phi) is 6.16. The number of hydrogen-bond donors (Lipinski definition) is 1. The maximum Gasteiger partial charge on any atom is 0.330 e. The highest BCUT2D eigenvalue weighted by molar-refractivity contribution is 5.93. The van der Waals surface area contributed by atoms with Crippen molar-refractivity contribution in [2.45, 2.75) is 59.5 Å². The van der Waals surface area contributed by atoms with Gasteiger partial charge in [-0.25, -0.2) is 9.78 Å². The summed E-state index contributed by atoms with van der Waals surface area (Å²) in [6, 6.07) is 3.49. The monoisotopic (exact) mass is 387 g/mol. The first kappa shape index (κ1) is 20.1. The predicted octanol–water partition coefficient (Wildman–Crippen LogP) is 2.21. The molecule has 2 aromatic rings. The molecule has 0 atom stereocenters. The van der Waals surface area contributed by atoms with Gasteiger partial charge in [-0.1, -0.05) is 6.92 Å². The van der Waals surface area contributed by atoms with Crippen molar-refractivity contribution in [2.24, 2.45) is 5.92 Å². The van der Waals surface area contributed by atoms with Gasteiger partial charge in [0, 0.05) is 39.0 Å². The average Bonchev–Trinajstić information content (AvgIpc) is 2.96. The van der Waals surface area contributed by atoms with Crippen molar-refractivity contribution in [1.82, 2.24) is 19.0 Å². The van der Waals surface area contributed by atoms with E-state index in [0.717, 1.165) is 31.4 Å². The molecule has 3 rings (SSSR count). The van der Waals surface area contributed by atoms with E-state index >= 15 is 0 Å². The van der Waals surface area contributed by atoms with Gasteiger partial charge >= 0.3 is 5.69 Å². The minimum atomic E-state index is -0.245. The van der Waals surface area contributed by atoms with Gasteiger partial charge in [0.05, 0.1) is 5.52 Å². The Labute approximate surface area is 164 Å². The molecule has 1 aliphatic rings. The number of aryl methyl sites for hydroxylation is 2. The molecule has 3 heterocycles. The summed E-state index contributed by atoms with van der Waals surface area (Å²) in [5, 5.41) is 2.75. The number of piperidine rings is 1. The van der Waals surface area contributed by atoms with Gasteiger partial charge in [-0.15, -0.1) is 0 Å². The number of anilines is 1. The van der Waals surface area contributed by atoms with Gasteiger partial charge < -0.3 is 10.2 Å². The van der Waals surface area contributed by atoms with Crippen LogP contribution in [0.5, 0.6) is 0 Å². The van der Waals surface area contributed by atoms with E-state index in [1.54, 1.807) is 21.3 Å². The third-order valence-corrected chi connectivity index (χ3v) is 5.47. The molecule has 28 heavy (non-hydrogen) atoms. The van der Waals surface area contributed by atoms with Crippen molar-refractivity contribution in [3.05, 3.63) is 22.6 Å². The molecular weight excluding hydrogens is 358 g/mol. The van der Waals surface area contributed by atoms with E-state index < -0.39 is 0 Å². The predicted molar refractivity (Wildman–Crippen MR) is 108 cm³/mol. The van der Waals surface area contributed by atoms with Crippen LogP contribution in [0.1, 0.15) is 46.5 Å². The first-order chi connectivity index (χ1) is 13.4. The zero-order valence-corrected chi connectivity index (χ0v) is 16.9. The number of pyridine rings is 1. The van der Waals surface area contributed by atoms with E-state index in [-0.39, 0.29) is 30.3 Å². The summed E-state index contributed by atoms with van der Waals surface area (Å²) in [6.07, 6.45) is 2.38. The number of nitrogens with zero attached hydrogens (tertiary/aromatic N) is 4. The Morgan fingerprint density at radius 2 is 1.79 bits per heavy atom. The molecule has 2 amide bonds. The molecule has 0 aliphatic carbocycles. The van der Waals surface area contributed by atoms with E-state index in [2.05, 4.69) is 17.2 Å². The molecule has 1 saturated heterocycles. The zero-order valence-electron chi connectivity index (χ0n) is 16.9. The molecule has 1 aliphatic heterocycles. The molecule has 0 aromatic carbocycles. The van der Waals surface area contributed by atoms with Gasteiger partial charge in [0.25, 0.3) is 0 Å². The van der Waals surface area contributed by atoms with E-state index in [1.165, 1.54) is 0 Å². The minimum Gasteiger partial charge on any atom is -0.343 e. The summed E-state index contributed by atoms with van der Waals surface area (Å²) < 4.78 is 3.25. The van der Waals surface area contributed by atoms with Gasteiger partial charge in [0.2, 0.25) is 11.8 Å². The first-order valence-electron chi connectivity index (χ1n) is 10.1. The fourth-order valence-electron chi connectivity index (χ4n) is 3.69. The molecule has 8 heteroatoms. The standard InChI is InChI=1S/C20H29N5O3/c1-4-24-15-6-7-16(22-19(15)25(5-2)20(24)28)21-17(26)8-9-18(27)23-12-10-14(3)11-13-23/h6-7,14H,4-5,8-13H2,1-3H3,(H,21,22,26). The quantitative estimate of drug-likeness (QED) is 0.823. The number of amides is 2. The first-order valence-corrected chi connectivity index (χ1v) is 10.1. The summed E-state index contributed by atoms with van der Waals surface area (Å²) in [5.41, 5.74) is 1.21. The number of rotatable bonds is 6. The van der Waals surface area contributed by atoms with Crippen LogP contribution >= 0.6 is 0 Å². The van der Waals surface area contributed by atoms with Crippen LogP contribution in [0.15, 0.2) is 16.9 Å². The molecule has 0 bridgehead atoms. The lowest BCUT2D eigenvalue weighted by atomic mass is 9.99. The van der Waals surface area contributed by atoms with Crippen molar-refractivity contribution < 1.29 is 9.59 Å². The molecule has 2 aromatic heterocycles. The van der Waals surface area contributed by atoms with E-state index in [4.69, 9.17) is 0 Å². The van der Waals surface area contributed by atoms with Crippen molar-refractivity contribution in [3.8, 4) is 0 Å². The van der Waals surface area contributed by atoms with Crippen LogP contribution in [0.3, 0.4) is 0 Å². The number of nitrogens with one attached hydrogen (secondary N) is 1. The summed E-state index contributed by atoms with van der Waals surface area (Å²) >= 11 is 0. The number of likely N-dealkylation sites (tertiary alicyclic amines) is 1. The van der Waals surface area contributed by atoms with Crippen LogP contribution < -0.4 is 11.0 Å². The Bertz CT molecular complexity index is 922. The van der Waals surface area contributed by atoms with E-state index in [9.17, 15) is 14.4 Å². The number of carbonyl (C=O) groups is 2. The number of carbonyl (C=O) groups excluding carboxylic acids is 2. The lowest BCUT2D eigenvalue weighted by Crippen LogP contribution is -2.38. The largest absolute Gasteiger partial charge is 0.343 e. The Morgan fingerprint density at radius 1 is 1.11 bits per heavy atom. The third kappa shape index (κ3) is 4.10. The SMILES string of the molecule is CCn1c(=O)n(CC)c2nc(NC(=O)CCC(=O)N3CCC(C)CC3)ccc21. The summed E-state index contributed by atoms with van der Waals surface area (Å²) in [7, 11) is 0. The van der Waals surface area contributed by atoms with Crippen molar-refractivity contribution in [1.29, 1.82) is 0 Å². The molecule has 0 unspecified atom stereocenters. The second-order valence-corrected chi connectivity index (χ2v) is 7.42. The van der Waals surface area contributed by atoms with E-state index in [0.29, 0.717) is 30.5 Å². The Hall–Kier alpha value is -2.64. The van der Waals surface area contributed by atoms with Crippen LogP contribution in [-0.2, 0) is 22.7 Å². The second-order valence-electron chi connectivity index (χ2n) is 7.42. The molecule has 0 spiro atoms. The number of hydrogen-bond acceptors (Lipinski definition) is 4. The molecule has 0 saturated carbocycles. The second kappa shape index (κ2) is 8.58. The fraction of sp³-hybridized carbons (Fsp3) is 0.600. The smallest absolute Gasteiger partial charge is 0.330 e. The normalized spacial score (nSPS) is 15.2. The maximum absolute atomic E-state index is 12.4. The van der Waals surface area contributed by atoms with Gasteiger partial charge in [-0.3, -0.25) is 18.7 Å². The molecule has 0 radical (unpaired) electrons. The number of imidazole rings is 1. The van der Waals surface area contributed by atoms with Crippen molar-refractivity contribution in [3.63, 3.8) is 0 Å². The van der Waals surface area contributed by atoms with Crippen molar-refractivity contribution >= 4 is 28.8 Å². The van der Waals surface area contributed by atoms with E-state index in [1.807, 2.05) is 18.7 Å². The molecule has 152 valence electrons. The fourth-order valence-corrected chi connectivity index (χ4v) is 3.69. The average molecular weight is 387 g/mol. The highest BCUT2D eigenvalue weighted by Gasteiger charge is 2.21. The minimum absolute atomic E-state index is 0.0327. The number of fused-ring (bicyclic) bond motifs is 1. The van der Waals surface area contributed by atoms with Crippen LogP contribution in [0.25, 0.3) is 11.2 Å². The molecule has 8 nitrogen and oxygen atoms in total. The Morgan fingerprint density at radius 3 is 2.43 bits per heavy atom. The van der Waals surface area contributed by atoms with Gasteiger partial charge in [0.15, 0.2) is 5.65 Å². The molecule has 1 fully saturated rings. The summed E-state index contributed by atoms with van der Waals surface area (Å²) in [4.78, 5) is 43.3. The number of aromatic nitrogens is 3. The summed E-state index contributed by atoms with van der Waals surface area (Å²) in [6.45, 7) is 8.64. The zero-order chi connectivity index (χ0) is 20.3. The lowest BCUT2D eigenvalue weighted by Gasteiger charge is -2.30. The highest BCUT2D eigenvalue weighted by atomic mass is 16.2. The third-order valence-electron chi connectivity index (χ3n) is 5.47. The summed E-state index contributed by atoms with van der Waals surface area (Å²) in [5.74, 6) is 0.847.